The smallest absolute Gasteiger partial charge is 0.242 e. The van der Waals surface area contributed by atoms with Gasteiger partial charge >= 0.3 is 0 Å². The first-order valence-corrected chi connectivity index (χ1v) is 7.86. The highest BCUT2D eigenvalue weighted by molar-refractivity contribution is 7.91. The average molecular weight is 262 g/mol. The van der Waals surface area contributed by atoms with Crippen LogP contribution < -0.4 is 5.73 Å². The number of carbonyl (C=O) groups is 1. The maximum atomic E-state index is 12.2. The van der Waals surface area contributed by atoms with Gasteiger partial charge < -0.3 is 10.6 Å². The van der Waals surface area contributed by atoms with Crippen molar-refractivity contribution in [3.8, 4) is 0 Å². The first-order chi connectivity index (χ1) is 7.73. The summed E-state index contributed by atoms with van der Waals surface area (Å²) in [6.07, 6.45) is 1.07. The number of rotatable bonds is 4. The number of amides is 1. The highest BCUT2D eigenvalue weighted by atomic mass is 32.2. The monoisotopic (exact) mass is 262 g/mol. The molecule has 0 aromatic rings. The van der Waals surface area contributed by atoms with E-state index in [4.69, 9.17) is 5.73 Å². The molecule has 0 saturated carbocycles. The Hall–Kier alpha value is -0.620. The van der Waals surface area contributed by atoms with Gasteiger partial charge in [-0.25, -0.2) is 8.42 Å². The lowest BCUT2D eigenvalue weighted by Crippen LogP contribution is -2.56. The van der Waals surface area contributed by atoms with Crippen LogP contribution >= 0.6 is 0 Å². The highest BCUT2D eigenvalue weighted by Crippen LogP contribution is 2.21. The zero-order chi connectivity index (χ0) is 13.3. The molecule has 0 aliphatic carbocycles. The van der Waals surface area contributed by atoms with Crippen molar-refractivity contribution in [3.05, 3.63) is 0 Å². The molecule has 2 unspecified atom stereocenters. The molecule has 1 aliphatic heterocycles. The fraction of sp³-hybridized carbons (Fsp3) is 0.909. The maximum absolute atomic E-state index is 12.2. The fourth-order valence-electron chi connectivity index (χ4n) is 2.07. The summed E-state index contributed by atoms with van der Waals surface area (Å²) < 4.78 is 22.9. The van der Waals surface area contributed by atoms with E-state index in [-0.39, 0.29) is 23.5 Å². The standard InChI is InChI=1S/C11H22N2O3S/c1-4-11(3,12)10(14)13(5-2)9-6-7-17(15,16)8-9/h9H,4-8,12H2,1-3H3. The van der Waals surface area contributed by atoms with Gasteiger partial charge in [0, 0.05) is 12.6 Å². The van der Waals surface area contributed by atoms with E-state index < -0.39 is 15.4 Å². The van der Waals surface area contributed by atoms with E-state index in [2.05, 4.69) is 0 Å². The van der Waals surface area contributed by atoms with Gasteiger partial charge in [0.15, 0.2) is 9.84 Å². The Morgan fingerprint density at radius 2 is 2.06 bits per heavy atom. The van der Waals surface area contributed by atoms with Crippen LogP contribution in [0.3, 0.4) is 0 Å². The van der Waals surface area contributed by atoms with Gasteiger partial charge in [-0.05, 0) is 26.7 Å². The predicted molar refractivity (Wildman–Crippen MR) is 67.3 cm³/mol. The Kier molecular flexibility index (Phi) is 4.19. The number of likely N-dealkylation sites (N-methyl/N-ethyl adjacent to an activating group) is 1. The molecule has 2 N–H and O–H groups in total. The van der Waals surface area contributed by atoms with Crippen LogP contribution in [0.15, 0.2) is 0 Å². The SMILES string of the molecule is CCN(C(=O)C(C)(N)CC)C1CCS(=O)(=O)C1. The lowest BCUT2D eigenvalue weighted by Gasteiger charge is -2.34. The molecule has 1 saturated heterocycles. The molecule has 6 heteroatoms. The van der Waals surface area contributed by atoms with Crippen LogP contribution in [0.2, 0.25) is 0 Å². The Morgan fingerprint density at radius 1 is 1.47 bits per heavy atom. The minimum absolute atomic E-state index is 0.0758. The number of hydrogen-bond acceptors (Lipinski definition) is 4. The largest absolute Gasteiger partial charge is 0.337 e. The maximum Gasteiger partial charge on any atom is 0.242 e. The van der Waals surface area contributed by atoms with Crippen molar-refractivity contribution < 1.29 is 13.2 Å². The van der Waals surface area contributed by atoms with Crippen LogP contribution in [-0.2, 0) is 14.6 Å². The second-order valence-electron chi connectivity index (χ2n) is 4.92. The minimum atomic E-state index is -2.97. The summed E-state index contributed by atoms with van der Waals surface area (Å²) >= 11 is 0. The molecule has 1 heterocycles. The molecule has 100 valence electrons. The summed E-state index contributed by atoms with van der Waals surface area (Å²) in [6, 6.07) is -0.202. The summed E-state index contributed by atoms with van der Waals surface area (Å²) in [5.41, 5.74) is 5.03. The topological polar surface area (TPSA) is 80.5 Å². The quantitative estimate of drug-likeness (QED) is 0.782. The van der Waals surface area contributed by atoms with Crippen LogP contribution in [0.5, 0.6) is 0 Å². The van der Waals surface area contributed by atoms with Crippen molar-refractivity contribution in [2.24, 2.45) is 5.73 Å². The van der Waals surface area contributed by atoms with E-state index >= 15 is 0 Å². The van der Waals surface area contributed by atoms with Crippen molar-refractivity contribution >= 4 is 15.7 Å². The van der Waals surface area contributed by atoms with Gasteiger partial charge in [0.05, 0.1) is 17.0 Å². The van der Waals surface area contributed by atoms with Crippen LogP contribution in [0.1, 0.15) is 33.6 Å². The van der Waals surface area contributed by atoms with Gasteiger partial charge in [-0.3, -0.25) is 4.79 Å². The van der Waals surface area contributed by atoms with Crippen LogP contribution in [0, 0.1) is 0 Å². The third-order valence-corrected chi connectivity index (χ3v) is 5.22. The van der Waals surface area contributed by atoms with E-state index in [1.165, 1.54) is 0 Å². The van der Waals surface area contributed by atoms with E-state index in [0.717, 1.165) is 0 Å². The molecular weight excluding hydrogens is 240 g/mol. The van der Waals surface area contributed by atoms with Crippen molar-refractivity contribution in [2.75, 3.05) is 18.1 Å². The summed E-state index contributed by atoms with van der Waals surface area (Å²) in [7, 11) is -2.97. The van der Waals surface area contributed by atoms with Crippen LogP contribution in [0.4, 0.5) is 0 Å². The number of sulfone groups is 1. The summed E-state index contributed by atoms with van der Waals surface area (Å²) in [6.45, 7) is 5.92. The molecule has 0 aromatic carbocycles. The first-order valence-electron chi connectivity index (χ1n) is 6.04. The zero-order valence-corrected chi connectivity index (χ0v) is 11.6. The predicted octanol–water partition coefficient (Wildman–Crippen LogP) is 0.149. The number of carbonyl (C=O) groups excluding carboxylic acids is 1. The molecule has 1 amide bonds. The molecule has 17 heavy (non-hydrogen) atoms. The lowest BCUT2D eigenvalue weighted by molar-refractivity contribution is -0.138. The Morgan fingerprint density at radius 3 is 2.41 bits per heavy atom. The summed E-state index contributed by atoms with van der Waals surface area (Å²) in [5, 5.41) is 0. The molecule has 2 atom stereocenters. The average Bonchev–Trinajstić information content (AvgIpc) is 2.60. The van der Waals surface area contributed by atoms with Gasteiger partial charge in [0.2, 0.25) is 5.91 Å². The summed E-state index contributed by atoms with van der Waals surface area (Å²) in [4.78, 5) is 13.9. The molecule has 1 fully saturated rings. The summed E-state index contributed by atoms with van der Waals surface area (Å²) in [5.74, 6) is 0.103. The Balaban J connectivity index is 2.83. The molecule has 0 bridgehead atoms. The van der Waals surface area contributed by atoms with E-state index in [1.54, 1.807) is 11.8 Å². The van der Waals surface area contributed by atoms with Gasteiger partial charge in [-0.2, -0.15) is 0 Å². The van der Waals surface area contributed by atoms with Crippen LogP contribution in [0.25, 0.3) is 0 Å². The zero-order valence-electron chi connectivity index (χ0n) is 10.8. The minimum Gasteiger partial charge on any atom is -0.337 e. The molecule has 0 radical (unpaired) electrons. The molecule has 5 nitrogen and oxygen atoms in total. The fourth-order valence-corrected chi connectivity index (χ4v) is 3.80. The van der Waals surface area contributed by atoms with Crippen LogP contribution in [-0.4, -0.2) is 48.9 Å². The number of nitrogens with two attached hydrogens (primary N) is 1. The second-order valence-corrected chi connectivity index (χ2v) is 7.15. The highest BCUT2D eigenvalue weighted by Gasteiger charge is 2.38. The van der Waals surface area contributed by atoms with Crippen molar-refractivity contribution in [2.45, 2.75) is 45.2 Å². The van der Waals surface area contributed by atoms with E-state index in [9.17, 15) is 13.2 Å². The van der Waals surface area contributed by atoms with Gasteiger partial charge in [-0.15, -0.1) is 0 Å². The molecule has 0 aromatic heterocycles. The van der Waals surface area contributed by atoms with Crippen molar-refractivity contribution in [1.82, 2.24) is 4.90 Å². The second kappa shape index (κ2) is 4.94. The normalized spacial score (nSPS) is 26.5. The number of hydrogen-bond donors (Lipinski definition) is 1. The molecule has 1 aliphatic rings. The third kappa shape index (κ3) is 3.19. The molecular formula is C11H22N2O3S. The van der Waals surface area contributed by atoms with Crippen molar-refractivity contribution in [3.63, 3.8) is 0 Å². The first kappa shape index (κ1) is 14.4. The third-order valence-electron chi connectivity index (χ3n) is 3.47. The van der Waals surface area contributed by atoms with Gasteiger partial charge in [0.1, 0.15) is 0 Å². The molecule has 0 spiro atoms. The van der Waals surface area contributed by atoms with E-state index in [1.807, 2.05) is 13.8 Å². The van der Waals surface area contributed by atoms with Gasteiger partial charge in [0.25, 0.3) is 0 Å². The van der Waals surface area contributed by atoms with Crippen molar-refractivity contribution in [1.29, 1.82) is 0 Å². The van der Waals surface area contributed by atoms with Gasteiger partial charge in [-0.1, -0.05) is 6.92 Å². The number of nitrogens with zero attached hydrogens (tertiary/aromatic N) is 1. The Labute approximate surface area is 103 Å². The van der Waals surface area contributed by atoms with E-state index in [0.29, 0.717) is 19.4 Å². The lowest BCUT2D eigenvalue weighted by atomic mass is 9.97. The molecule has 1 rings (SSSR count). The Bertz CT molecular complexity index is 390.